The van der Waals surface area contributed by atoms with Crippen LogP contribution in [0.15, 0.2) is 48.7 Å². The molecule has 0 radical (unpaired) electrons. The van der Waals surface area contributed by atoms with Crippen LogP contribution in [0.25, 0.3) is 10.9 Å². The zero-order chi connectivity index (χ0) is 22.5. The first kappa shape index (κ1) is 21.4. The molecular formula is C25H24FIN2O3. The van der Waals surface area contributed by atoms with Gasteiger partial charge in [0.1, 0.15) is 5.82 Å². The Hall–Kier alpha value is -2.42. The molecule has 1 N–H and O–H groups in total. The Bertz CT molecular complexity index is 1190. The quantitative estimate of drug-likeness (QED) is 0.366. The molecule has 1 amide bonds. The molecule has 5 rings (SSSR count). The molecule has 2 saturated carbocycles. The van der Waals surface area contributed by atoms with Gasteiger partial charge in [0, 0.05) is 27.7 Å². The van der Waals surface area contributed by atoms with Gasteiger partial charge in [0.05, 0.1) is 24.1 Å². The van der Waals surface area contributed by atoms with Gasteiger partial charge in [0.15, 0.2) is 0 Å². The highest BCUT2D eigenvalue weighted by Crippen LogP contribution is 2.59. The average molecular weight is 546 g/mol. The lowest BCUT2D eigenvalue weighted by molar-refractivity contribution is -0.159. The highest BCUT2D eigenvalue weighted by Gasteiger charge is 2.55. The fourth-order valence-corrected chi connectivity index (χ4v) is 5.75. The van der Waals surface area contributed by atoms with Crippen LogP contribution >= 0.6 is 22.6 Å². The van der Waals surface area contributed by atoms with Gasteiger partial charge in [0.2, 0.25) is 0 Å². The molecule has 1 heterocycles. The molecule has 0 aliphatic heterocycles. The third-order valence-electron chi connectivity index (χ3n) is 6.97. The van der Waals surface area contributed by atoms with Crippen molar-refractivity contribution in [3.8, 4) is 0 Å². The molecule has 1 spiro atoms. The van der Waals surface area contributed by atoms with E-state index in [4.69, 9.17) is 4.74 Å². The number of carbonyl (C=O) groups is 2. The topological polar surface area (TPSA) is 60.3 Å². The van der Waals surface area contributed by atoms with Crippen LogP contribution < -0.4 is 5.32 Å². The first-order valence-electron chi connectivity index (χ1n) is 10.8. The minimum absolute atomic E-state index is 0.00193. The lowest BCUT2D eigenvalue weighted by atomic mass is 9.50. The van der Waals surface area contributed by atoms with Crippen molar-refractivity contribution < 1.29 is 18.7 Å². The Kier molecular flexibility index (Phi) is 5.47. The van der Waals surface area contributed by atoms with E-state index >= 15 is 0 Å². The van der Waals surface area contributed by atoms with Gasteiger partial charge >= 0.3 is 5.97 Å². The molecule has 5 nitrogen and oxygen atoms in total. The van der Waals surface area contributed by atoms with E-state index in [0.717, 1.165) is 34.8 Å². The molecule has 7 heteroatoms. The van der Waals surface area contributed by atoms with Crippen LogP contribution in [-0.2, 0) is 16.1 Å². The van der Waals surface area contributed by atoms with Crippen molar-refractivity contribution in [1.82, 2.24) is 9.88 Å². The Morgan fingerprint density at radius 2 is 1.84 bits per heavy atom. The number of hydrogen-bond acceptors (Lipinski definition) is 3. The maximum atomic E-state index is 14.5. The predicted molar refractivity (Wildman–Crippen MR) is 128 cm³/mol. The smallest absolute Gasteiger partial charge is 0.308 e. The van der Waals surface area contributed by atoms with Crippen LogP contribution in [0.5, 0.6) is 0 Å². The second-order valence-electron chi connectivity index (χ2n) is 9.13. The molecule has 2 fully saturated rings. The van der Waals surface area contributed by atoms with Gasteiger partial charge < -0.3 is 14.6 Å². The van der Waals surface area contributed by atoms with Crippen molar-refractivity contribution in [2.24, 2.45) is 11.3 Å². The molecule has 0 saturated heterocycles. The van der Waals surface area contributed by atoms with Crippen LogP contribution in [0, 0.1) is 20.7 Å². The molecule has 3 aromatic rings. The summed E-state index contributed by atoms with van der Waals surface area (Å²) in [5, 5.41) is 3.57. The molecule has 2 aliphatic carbocycles. The Balaban J connectivity index is 1.31. The van der Waals surface area contributed by atoms with Gasteiger partial charge in [-0.15, -0.1) is 0 Å². The first-order valence-corrected chi connectivity index (χ1v) is 11.9. The number of ether oxygens (including phenoxy) is 1. The number of amides is 1. The van der Waals surface area contributed by atoms with Crippen LogP contribution in [0.1, 0.15) is 41.6 Å². The summed E-state index contributed by atoms with van der Waals surface area (Å²) in [7, 11) is 1.43. The van der Waals surface area contributed by atoms with Crippen molar-refractivity contribution >= 4 is 45.4 Å². The molecule has 2 aliphatic rings. The number of hydrogen-bond donors (Lipinski definition) is 1. The molecule has 32 heavy (non-hydrogen) atoms. The van der Waals surface area contributed by atoms with Crippen LogP contribution in [0.4, 0.5) is 4.39 Å². The number of nitrogens with zero attached hydrogens (tertiary/aromatic N) is 1. The number of nitrogens with one attached hydrogen (secondary N) is 1. The Labute approximate surface area is 199 Å². The molecule has 0 atom stereocenters. The summed E-state index contributed by atoms with van der Waals surface area (Å²) < 4.78 is 22.4. The number of rotatable bonds is 5. The minimum atomic E-state index is -0.330. The van der Waals surface area contributed by atoms with Gasteiger partial charge in [-0.3, -0.25) is 9.59 Å². The summed E-state index contributed by atoms with van der Waals surface area (Å²) in [5.74, 6) is -0.645. The SMILES string of the molecule is COC(=O)C1CC2(CC(NC(=O)c3ccc(F)c4ccn(Cc5ccc(I)cc5)c34)C2)C1. The standard InChI is InChI=1S/C25H24FIN2O3/c1-32-24(31)16-10-25(11-16)12-18(13-25)28-23(30)20-6-7-21(26)19-8-9-29(22(19)20)14-15-2-4-17(27)5-3-15/h2-9,16,18H,10-14H2,1H3,(H,28,30). The van der Waals surface area contributed by atoms with Crippen molar-refractivity contribution in [3.63, 3.8) is 0 Å². The van der Waals surface area contributed by atoms with Crippen molar-refractivity contribution in [1.29, 1.82) is 0 Å². The summed E-state index contributed by atoms with van der Waals surface area (Å²) in [6.07, 6.45) is 5.26. The number of fused-ring (bicyclic) bond motifs is 1. The van der Waals surface area contributed by atoms with Gasteiger partial charge in [-0.1, -0.05) is 12.1 Å². The molecule has 166 valence electrons. The van der Waals surface area contributed by atoms with E-state index in [1.54, 1.807) is 12.1 Å². The van der Waals surface area contributed by atoms with Gasteiger partial charge in [-0.2, -0.15) is 0 Å². The summed E-state index contributed by atoms with van der Waals surface area (Å²) in [5.41, 5.74) is 2.35. The summed E-state index contributed by atoms with van der Waals surface area (Å²) in [6.45, 7) is 0.561. The third kappa shape index (κ3) is 3.80. The third-order valence-corrected chi connectivity index (χ3v) is 7.69. The van der Waals surface area contributed by atoms with E-state index in [9.17, 15) is 14.0 Å². The zero-order valence-corrected chi connectivity index (χ0v) is 19.9. The van der Waals surface area contributed by atoms with E-state index in [1.165, 1.54) is 13.2 Å². The molecule has 2 aromatic carbocycles. The molecule has 0 unspecified atom stereocenters. The molecule has 1 aromatic heterocycles. The number of aromatic nitrogens is 1. The van der Waals surface area contributed by atoms with E-state index < -0.39 is 0 Å². The highest BCUT2D eigenvalue weighted by atomic mass is 127. The van der Waals surface area contributed by atoms with E-state index in [-0.39, 0.29) is 35.1 Å². The van der Waals surface area contributed by atoms with Crippen LogP contribution in [0.2, 0.25) is 0 Å². The van der Waals surface area contributed by atoms with Gasteiger partial charge in [-0.05, 0) is 89.6 Å². The number of methoxy groups -OCH3 is 1. The summed E-state index contributed by atoms with van der Waals surface area (Å²) >= 11 is 2.26. The van der Waals surface area contributed by atoms with E-state index in [0.29, 0.717) is 23.0 Å². The van der Waals surface area contributed by atoms with Crippen LogP contribution in [0.3, 0.4) is 0 Å². The second kappa shape index (κ2) is 8.17. The lowest BCUT2D eigenvalue weighted by Crippen LogP contribution is -2.57. The van der Waals surface area contributed by atoms with Crippen molar-refractivity contribution in [2.75, 3.05) is 7.11 Å². The maximum Gasteiger partial charge on any atom is 0.308 e. The fraction of sp³-hybridized carbons (Fsp3) is 0.360. The first-order chi connectivity index (χ1) is 15.4. The normalized spacial score (nSPS) is 24.1. The van der Waals surface area contributed by atoms with Crippen molar-refractivity contribution in [3.05, 3.63) is 69.2 Å². The monoisotopic (exact) mass is 546 g/mol. The lowest BCUT2D eigenvalue weighted by Gasteiger charge is -2.56. The fourth-order valence-electron chi connectivity index (χ4n) is 5.39. The van der Waals surface area contributed by atoms with Crippen molar-refractivity contribution in [2.45, 2.75) is 38.3 Å². The molecule has 0 bridgehead atoms. The predicted octanol–water partition coefficient (Wildman–Crippen LogP) is 4.89. The number of benzene rings is 2. The zero-order valence-electron chi connectivity index (χ0n) is 17.7. The molecular weight excluding hydrogens is 522 g/mol. The van der Waals surface area contributed by atoms with E-state index in [1.807, 2.05) is 35.0 Å². The largest absolute Gasteiger partial charge is 0.469 e. The van der Waals surface area contributed by atoms with Gasteiger partial charge in [-0.25, -0.2) is 4.39 Å². The summed E-state index contributed by atoms with van der Waals surface area (Å²) in [4.78, 5) is 24.8. The van der Waals surface area contributed by atoms with E-state index in [2.05, 4.69) is 27.9 Å². The summed E-state index contributed by atoms with van der Waals surface area (Å²) in [6, 6.07) is 12.9. The Morgan fingerprint density at radius 1 is 1.12 bits per heavy atom. The minimum Gasteiger partial charge on any atom is -0.469 e. The maximum absolute atomic E-state index is 14.5. The van der Waals surface area contributed by atoms with Gasteiger partial charge in [0.25, 0.3) is 5.91 Å². The highest BCUT2D eigenvalue weighted by molar-refractivity contribution is 14.1. The number of halogens is 2. The second-order valence-corrected chi connectivity index (χ2v) is 10.4. The average Bonchev–Trinajstić information content (AvgIpc) is 3.14. The number of esters is 1. The number of carbonyl (C=O) groups excluding carboxylic acids is 2. The Morgan fingerprint density at radius 3 is 2.53 bits per heavy atom. The van der Waals surface area contributed by atoms with Crippen LogP contribution in [-0.4, -0.2) is 29.6 Å².